The lowest BCUT2D eigenvalue weighted by Crippen LogP contribution is -2.27. The Hall–Kier alpha value is -3.68. The lowest BCUT2D eigenvalue weighted by molar-refractivity contribution is 0.0944. The minimum Gasteiger partial charge on any atom is -0.347 e. The number of hydrogen-bond acceptors (Lipinski definition) is 4. The molecule has 148 valence electrons. The predicted molar refractivity (Wildman–Crippen MR) is 102 cm³/mol. The van der Waals surface area contributed by atoms with E-state index in [-0.39, 0.29) is 36.1 Å². The second kappa shape index (κ2) is 9.01. The maximum absolute atomic E-state index is 13.3. The maximum Gasteiger partial charge on any atom is 0.270 e. The number of nitrogens with zero attached hydrogens (tertiary/aromatic N) is 2. The highest BCUT2D eigenvalue weighted by molar-refractivity contribution is 5.97. The molecular weight excluding hydrogens is 378 g/mol. The molecule has 1 aromatic heterocycles. The van der Waals surface area contributed by atoms with E-state index < -0.39 is 11.8 Å². The van der Waals surface area contributed by atoms with E-state index in [2.05, 4.69) is 20.6 Å². The minimum absolute atomic E-state index is 0.0323. The van der Waals surface area contributed by atoms with Crippen LogP contribution < -0.4 is 10.6 Å². The molecule has 29 heavy (non-hydrogen) atoms. The van der Waals surface area contributed by atoms with Gasteiger partial charge in [0.1, 0.15) is 29.3 Å². The summed E-state index contributed by atoms with van der Waals surface area (Å²) in [6.45, 7) is 2.02. The number of nitrogens with one attached hydrogen (secondary N) is 2. The van der Waals surface area contributed by atoms with E-state index in [1.54, 1.807) is 31.2 Å². The van der Waals surface area contributed by atoms with Crippen molar-refractivity contribution < 1.29 is 18.4 Å². The number of amides is 2. The van der Waals surface area contributed by atoms with Crippen molar-refractivity contribution in [1.29, 1.82) is 0 Å². The second-order valence-electron chi connectivity index (χ2n) is 6.36. The fraction of sp³-hybridized carbons (Fsp3) is 0.143. The third kappa shape index (κ3) is 5.41. The number of carbonyl (C=O) groups excluding carboxylic acids is 2. The summed E-state index contributed by atoms with van der Waals surface area (Å²) in [5.74, 6) is -1.64. The molecule has 0 unspecified atom stereocenters. The summed E-state index contributed by atoms with van der Waals surface area (Å²) < 4.78 is 26.2. The summed E-state index contributed by atoms with van der Waals surface area (Å²) in [6.07, 6.45) is 1.13. The zero-order valence-corrected chi connectivity index (χ0v) is 15.6. The average molecular weight is 396 g/mol. The standard InChI is InChI=1S/C21H18F2N4O2/c1-13-8-15(4-7-17(13)23)11-25-21(29)19-9-18(26-12-27-19)20(28)24-10-14-2-5-16(22)6-3-14/h2-9,12H,10-11H2,1H3,(H,24,28)(H,25,29). The highest BCUT2D eigenvalue weighted by atomic mass is 19.1. The third-order valence-corrected chi connectivity index (χ3v) is 4.17. The van der Waals surface area contributed by atoms with Crippen molar-refractivity contribution in [2.45, 2.75) is 20.0 Å². The van der Waals surface area contributed by atoms with E-state index in [4.69, 9.17) is 0 Å². The van der Waals surface area contributed by atoms with E-state index in [0.29, 0.717) is 5.56 Å². The molecule has 0 fully saturated rings. The van der Waals surface area contributed by atoms with Crippen molar-refractivity contribution in [2.24, 2.45) is 0 Å². The molecule has 0 spiro atoms. The lowest BCUT2D eigenvalue weighted by atomic mass is 10.1. The number of carbonyl (C=O) groups is 2. The Bertz CT molecular complexity index is 1040. The van der Waals surface area contributed by atoms with Gasteiger partial charge < -0.3 is 10.6 Å². The summed E-state index contributed by atoms with van der Waals surface area (Å²) >= 11 is 0. The Morgan fingerprint density at radius 1 is 0.828 bits per heavy atom. The zero-order valence-electron chi connectivity index (χ0n) is 15.6. The number of aromatic nitrogens is 2. The van der Waals surface area contributed by atoms with Crippen LogP contribution in [-0.4, -0.2) is 21.8 Å². The Labute approximate surface area is 166 Å². The summed E-state index contributed by atoms with van der Waals surface area (Å²) in [5.41, 5.74) is 2.01. The SMILES string of the molecule is Cc1cc(CNC(=O)c2cc(C(=O)NCc3ccc(F)cc3)ncn2)ccc1F. The summed E-state index contributed by atoms with van der Waals surface area (Å²) in [4.78, 5) is 32.4. The number of hydrogen-bond donors (Lipinski definition) is 2. The first-order valence-electron chi connectivity index (χ1n) is 8.80. The van der Waals surface area contributed by atoms with Gasteiger partial charge in [0.15, 0.2) is 0 Å². The van der Waals surface area contributed by atoms with Gasteiger partial charge in [-0.3, -0.25) is 9.59 Å². The fourth-order valence-corrected chi connectivity index (χ4v) is 2.57. The Kier molecular flexibility index (Phi) is 6.23. The number of benzene rings is 2. The normalized spacial score (nSPS) is 10.4. The van der Waals surface area contributed by atoms with Crippen LogP contribution in [0.4, 0.5) is 8.78 Å². The molecule has 0 saturated carbocycles. The van der Waals surface area contributed by atoms with Crippen molar-refractivity contribution in [3.63, 3.8) is 0 Å². The van der Waals surface area contributed by atoms with Crippen LogP contribution in [0.5, 0.6) is 0 Å². The lowest BCUT2D eigenvalue weighted by Gasteiger charge is -2.08. The topological polar surface area (TPSA) is 84.0 Å². The van der Waals surface area contributed by atoms with Crippen LogP contribution in [0.3, 0.4) is 0 Å². The maximum atomic E-state index is 13.3. The molecule has 0 aliphatic carbocycles. The first kappa shape index (κ1) is 20.1. The van der Waals surface area contributed by atoms with E-state index in [0.717, 1.165) is 17.5 Å². The molecule has 6 nitrogen and oxygen atoms in total. The first-order chi connectivity index (χ1) is 13.9. The molecule has 0 aliphatic rings. The molecule has 2 aromatic carbocycles. The van der Waals surface area contributed by atoms with E-state index in [1.807, 2.05) is 0 Å². The van der Waals surface area contributed by atoms with Crippen LogP contribution >= 0.6 is 0 Å². The van der Waals surface area contributed by atoms with Crippen molar-refractivity contribution in [2.75, 3.05) is 0 Å². The minimum atomic E-state index is -0.486. The van der Waals surface area contributed by atoms with Crippen LogP contribution in [-0.2, 0) is 13.1 Å². The van der Waals surface area contributed by atoms with E-state index in [1.165, 1.54) is 24.3 Å². The van der Waals surface area contributed by atoms with Gasteiger partial charge in [-0.15, -0.1) is 0 Å². The summed E-state index contributed by atoms with van der Waals surface area (Å²) in [5, 5.41) is 5.32. The highest BCUT2D eigenvalue weighted by Gasteiger charge is 2.13. The number of halogens is 2. The molecule has 3 aromatic rings. The van der Waals surface area contributed by atoms with Gasteiger partial charge in [-0.1, -0.05) is 24.3 Å². The molecular formula is C21H18F2N4O2. The predicted octanol–water partition coefficient (Wildman–Crippen LogP) is 2.92. The van der Waals surface area contributed by atoms with E-state index >= 15 is 0 Å². The quantitative estimate of drug-likeness (QED) is 0.671. The first-order valence-corrected chi connectivity index (χ1v) is 8.80. The molecule has 2 N–H and O–H groups in total. The van der Waals surface area contributed by atoms with Gasteiger partial charge in [0.05, 0.1) is 0 Å². The van der Waals surface area contributed by atoms with Gasteiger partial charge in [-0.05, 0) is 41.8 Å². The van der Waals surface area contributed by atoms with Crippen molar-refractivity contribution in [1.82, 2.24) is 20.6 Å². The molecule has 1 heterocycles. The Balaban J connectivity index is 1.60. The highest BCUT2D eigenvalue weighted by Crippen LogP contribution is 2.09. The largest absolute Gasteiger partial charge is 0.347 e. The smallest absolute Gasteiger partial charge is 0.270 e. The Morgan fingerprint density at radius 2 is 1.38 bits per heavy atom. The molecule has 0 aliphatic heterocycles. The molecule has 0 saturated heterocycles. The van der Waals surface area contributed by atoms with Gasteiger partial charge in [0.25, 0.3) is 11.8 Å². The van der Waals surface area contributed by atoms with Crippen LogP contribution in [0.15, 0.2) is 54.9 Å². The summed E-state index contributed by atoms with van der Waals surface area (Å²) in [7, 11) is 0. The van der Waals surface area contributed by atoms with Gasteiger partial charge in [0, 0.05) is 19.2 Å². The number of aryl methyl sites for hydroxylation is 1. The van der Waals surface area contributed by atoms with Crippen molar-refractivity contribution >= 4 is 11.8 Å². The molecule has 0 atom stereocenters. The van der Waals surface area contributed by atoms with Crippen LogP contribution in [0.1, 0.15) is 37.7 Å². The van der Waals surface area contributed by atoms with Gasteiger partial charge in [-0.25, -0.2) is 18.7 Å². The average Bonchev–Trinajstić information content (AvgIpc) is 2.73. The fourth-order valence-electron chi connectivity index (χ4n) is 2.57. The molecule has 2 amide bonds. The van der Waals surface area contributed by atoms with Gasteiger partial charge >= 0.3 is 0 Å². The molecule has 0 radical (unpaired) electrons. The molecule has 0 bridgehead atoms. The number of rotatable bonds is 6. The summed E-state index contributed by atoms with van der Waals surface area (Å²) in [6, 6.07) is 11.6. The zero-order chi connectivity index (χ0) is 20.8. The van der Waals surface area contributed by atoms with Gasteiger partial charge in [0.2, 0.25) is 0 Å². The van der Waals surface area contributed by atoms with Crippen LogP contribution in [0.2, 0.25) is 0 Å². The van der Waals surface area contributed by atoms with Crippen LogP contribution in [0.25, 0.3) is 0 Å². The van der Waals surface area contributed by atoms with Crippen molar-refractivity contribution in [3.05, 3.63) is 94.6 Å². The monoisotopic (exact) mass is 396 g/mol. The third-order valence-electron chi connectivity index (χ3n) is 4.17. The molecule has 3 rings (SSSR count). The second-order valence-corrected chi connectivity index (χ2v) is 6.36. The van der Waals surface area contributed by atoms with Crippen LogP contribution in [0, 0.1) is 18.6 Å². The molecule has 8 heteroatoms. The Morgan fingerprint density at radius 3 is 1.97 bits per heavy atom. The van der Waals surface area contributed by atoms with E-state index in [9.17, 15) is 18.4 Å². The van der Waals surface area contributed by atoms with Gasteiger partial charge in [-0.2, -0.15) is 0 Å². The van der Waals surface area contributed by atoms with Crippen molar-refractivity contribution in [3.8, 4) is 0 Å².